The van der Waals surface area contributed by atoms with E-state index in [1.807, 2.05) is 19.1 Å². The van der Waals surface area contributed by atoms with Gasteiger partial charge in [-0.2, -0.15) is 0 Å². The Kier molecular flexibility index (Phi) is 4.72. The number of anilines is 2. The normalized spacial score (nSPS) is 9.38. The maximum absolute atomic E-state index is 11.4. The Morgan fingerprint density at radius 1 is 1.24 bits per heavy atom. The maximum Gasteiger partial charge on any atom is 0.319 e. The van der Waals surface area contributed by atoms with Crippen LogP contribution >= 0.6 is 0 Å². The van der Waals surface area contributed by atoms with Gasteiger partial charge in [-0.25, -0.2) is 14.8 Å². The first-order valence-corrected chi connectivity index (χ1v) is 6.42. The number of carbonyl (C=O) groups is 1. The molecule has 0 unspecified atom stereocenters. The molecule has 0 bridgehead atoms. The Labute approximate surface area is 122 Å². The number of hydrogen-bond acceptors (Lipinski definition) is 4. The molecule has 6 heteroatoms. The number of rotatable bonds is 2. The van der Waals surface area contributed by atoms with E-state index in [0.717, 1.165) is 5.56 Å². The van der Waals surface area contributed by atoms with Crippen LogP contribution in [0.5, 0.6) is 0 Å². The van der Waals surface area contributed by atoms with E-state index in [9.17, 15) is 4.79 Å². The molecule has 0 aliphatic carbocycles. The van der Waals surface area contributed by atoms with Crippen molar-refractivity contribution in [2.24, 2.45) is 0 Å². The van der Waals surface area contributed by atoms with Gasteiger partial charge in [0.1, 0.15) is 0 Å². The lowest BCUT2D eigenvalue weighted by atomic mass is 10.2. The quantitative estimate of drug-likeness (QED) is 0.729. The molecule has 1 heterocycles. The van der Waals surface area contributed by atoms with E-state index in [1.54, 1.807) is 24.5 Å². The largest absolute Gasteiger partial charge is 0.368 e. The fraction of sp³-hybridized carbons (Fsp3) is 0.133. The summed E-state index contributed by atoms with van der Waals surface area (Å²) < 4.78 is 0. The average molecular weight is 281 g/mol. The Balaban J connectivity index is 2.11. The van der Waals surface area contributed by atoms with E-state index in [1.165, 1.54) is 0 Å². The van der Waals surface area contributed by atoms with Crippen LogP contribution in [0.3, 0.4) is 0 Å². The van der Waals surface area contributed by atoms with Gasteiger partial charge in [0.25, 0.3) is 0 Å². The molecule has 6 nitrogen and oxygen atoms in total. The fourth-order valence-corrected chi connectivity index (χ4v) is 1.56. The van der Waals surface area contributed by atoms with Crippen LogP contribution in [-0.4, -0.2) is 22.5 Å². The van der Waals surface area contributed by atoms with Gasteiger partial charge in [-0.05, 0) is 25.1 Å². The van der Waals surface area contributed by atoms with Crippen LogP contribution in [0.25, 0.3) is 0 Å². The minimum atomic E-state index is -0.241. The van der Waals surface area contributed by atoms with Crippen LogP contribution in [0.2, 0.25) is 0 Å². The van der Waals surface area contributed by atoms with Crippen molar-refractivity contribution in [1.82, 2.24) is 15.3 Å². The fourth-order valence-electron chi connectivity index (χ4n) is 1.56. The zero-order valence-electron chi connectivity index (χ0n) is 11.6. The third kappa shape index (κ3) is 4.51. The first kappa shape index (κ1) is 14.3. The number of hydrogen-bond donors (Lipinski definition) is 3. The zero-order valence-corrected chi connectivity index (χ0v) is 11.6. The number of urea groups is 1. The van der Waals surface area contributed by atoms with E-state index in [0.29, 0.717) is 17.8 Å². The van der Waals surface area contributed by atoms with Crippen molar-refractivity contribution < 1.29 is 4.79 Å². The predicted octanol–water partition coefficient (Wildman–Crippen LogP) is 1.60. The Bertz CT molecular complexity index is 685. The number of aromatic nitrogens is 2. The highest BCUT2D eigenvalue weighted by atomic mass is 16.2. The minimum Gasteiger partial charge on any atom is -0.368 e. The van der Waals surface area contributed by atoms with Crippen LogP contribution in [0.4, 0.5) is 16.4 Å². The van der Waals surface area contributed by atoms with E-state index < -0.39 is 0 Å². The van der Waals surface area contributed by atoms with Gasteiger partial charge in [-0.3, -0.25) is 0 Å². The molecule has 0 aliphatic heterocycles. The summed E-state index contributed by atoms with van der Waals surface area (Å²) in [6, 6.07) is 7.03. The van der Waals surface area contributed by atoms with Crippen LogP contribution in [-0.2, 0) is 0 Å². The minimum absolute atomic E-state index is 0.216. The first-order chi connectivity index (χ1) is 10.2. The molecule has 0 aliphatic rings. The molecule has 0 fully saturated rings. The second-order valence-electron chi connectivity index (χ2n) is 4.15. The number of nitrogens with zero attached hydrogens (tertiary/aromatic N) is 2. The van der Waals surface area contributed by atoms with Gasteiger partial charge >= 0.3 is 6.03 Å². The smallest absolute Gasteiger partial charge is 0.319 e. The van der Waals surface area contributed by atoms with E-state index in [-0.39, 0.29) is 12.0 Å². The van der Waals surface area contributed by atoms with Gasteiger partial charge in [0.2, 0.25) is 5.95 Å². The van der Waals surface area contributed by atoms with Crippen LogP contribution in [0.1, 0.15) is 18.1 Å². The topological polar surface area (TPSA) is 92.9 Å². The standard InChI is InChI=1S/C15H15N5O/c1-2-17-15(21)20-13-5-3-4-11(8-13)6-7-12-9-18-14(16)19-10-12/h3-5,8-10H,2H2,1H3,(H2,16,18,19)(H2,17,20,21). The van der Waals surface area contributed by atoms with Crippen molar-refractivity contribution in [2.75, 3.05) is 17.6 Å². The molecule has 21 heavy (non-hydrogen) atoms. The molecule has 0 saturated carbocycles. The van der Waals surface area contributed by atoms with Crippen molar-refractivity contribution >= 4 is 17.7 Å². The predicted molar refractivity (Wildman–Crippen MR) is 81.6 cm³/mol. The second kappa shape index (κ2) is 6.91. The summed E-state index contributed by atoms with van der Waals surface area (Å²) in [6.45, 7) is 2.43. The summed E-state index contributed by atoms with van der Waals surface area (Å²) in [5.41, 5.74) is 7.54. The summed E-state index contributed by atoms with van der Waals surface area (Å²) in [6.07, 6.45) is 3.12. The average Bonchev–Trinajstić information content (AvgIpc) is 2.47. The molecule has 4 N–H and O–H groups in total. The number of nitrogen functional groups attached to an aromatic ring is 1. The highest BCUT2D eigenvalue weighted by molar-refractivity contribution is 5.89. The summed E-state index contributed by atoms with van der Waals surface area (Å²) in [5.74, 6) is 6.13. The molecule has 2 aromatic rings. The molecule has 0 radical (unpaired) electrons. The van der Waals surface area contributed by atoms with Crippen molar-refractivity contribution in [3.8, 4) is 11.8 Å². The van der Waals surface area contributed by atoms with Crippen molar-refractivity contribution in [1.29, 1.82) is 0 Å². The monoisotopic (exact) mass is 281 g/mol. The first-order valence-electron chi connectivity index (χ1n) is 6.42. The SMILES string of the molecule is CCNC(=O)Nc1cccc(C#Cc2cnc(N)nc2)c1. The van der Waals surface area contributed by atoms with Crippen molar-refractivity contribution in [3.05, 3.63) is 47.8 Å². The van der Waals surface area contributed by atoms with Crippen molar-refractivity contribution in [2.45, 2.75) is 6.92 Å². The van der Waals surface area contributed by atoms with Gasteiger partial charge in [0.15, 0.2) is 0 Å². The summed E-state index contributed by atoms with van der Waals surface area (Å²) >= 11 is 0. The van der Waals surface area contributed by atoms with Gasteiger partial charge < -0.3 is 16.4 Å². The molecule has 2 rings (SSSR count). The van der Waals surface area contributed by atoms with Crippen LogP contribution in [0.15, 0.2) is 36.7 Å². The molecule has 0 spiro atoms. The third-order valence-electron chi connectivity index (χ3n) is 2.48. The van der Waals surface area contributed by atoms with Crippen LogP contribution < -0.4 is 16.4 Å². The number of amides is 2. The molecule has 0 saturated heterocycles. The highest BCUT2D eigenvalue weighted by Crippen LogP contribution is 2.09. The van der Waals surface area contributed by atoms with Gasteiger partial charge in [0.05, 0.1) is 5.56 Å². The Morgan fingerprint density at radius 3 is 2.67 bits per heavy atom. The summed E-state index contributed by atoms with van der Waals surface area (Å²) in [5, 5.41) is 5.39. The maximum atomic E-state index is 11.4. The molecule has 0 atom stereocenters. The molecular weight excluding hydrogens is 266 g/mol. The molecular formula is C15H15N5O. The molecule has 2 amide bonds. The Morgan fingerprint density at radius 2 is 1.95 bits per heavy atom. The lowest BCUT2D eigenvalue weighted by Gasteiger charge is -2.05. The van der Waals surface area contributed by atoms with E-state index in [4.69, 9.17) is 5.73 Å². The number of nitrogens with one attached hydrogen (secondary N) is 2. The van der Waals surface area contributed by atoms with Gasteiger partial charge in [-0.1, -0.05) is 17.9 Å². The number of carbonyl (C=O) groups excluding carboxylic acids is 1. The lowest BCUT2D eigenvalue weighted by molar-refractivity contribution is 0.252. The van der Waals surface area contributed by atoms with Crippen LogP contribution in [0, 0.1) is 11.8 Å². The van der Waals surface area contributed by atoms with Gasteiger partial charge in [-0.15, -0.1) is 0 Å². The van der Waals surface area contributed by atoms with Gasteiger partial charge in [0, 0.05) is 30.2 Å². The number of nitrogens with two attached hydrogens (primary N) is 1. The van der Waals surface area contributed by atoms with E-state index in [2.05, 4.69) is 32.4 Å². The van der Waals surface area contributed by atoms with E-state index >= 15 is 0 Å². The number of benzene rings is 1. The second-order valence-corrected chi connectivity index (χ2v) is 4.15. The Hall–Kier alpha value is -3.07. The molecule has 1 aromatic carbocycles. The molecule has 1 aromatic heterocycles. The lowest BCUT2D eigenvalue weighted by Crippen LogP contribution is -2.28. The summed E-state index contributed by atoms with van der Waals surface area (Å²) in [7, 11) is 0. The van der Waals surface area contributed by atoms with Crippen molar-refractivity contribution in [3.63, 3.8) is 0 Å². The zero-order chi connectivity index (χ0) is 15.1. The molecule has 106 valence electrons. The third-order valence-corrected chi connectivity index (χ3v) is 2.48. The highest BCUT2D eigenvalue weighted by Gasteiger charge is 1.99. The summed E-state index contributed by atoms with van der Waals surface area (Å²) in [4.78, 5) is 19.2.